The van der Waals surface area contributed by atoms with E-state index < -0.39 is 0 Å². The molecule has 0 unspecified atom stereocenters. The molecule has 2 heterocycles. The van der Waals surface area contributed by atoms with Crippen LogP contribution in [0.15, 0.2) is 33.1 Å². The summed E-state index contributed by atoms with van der Waals surface area (Å²) in [5.41, 5.74) is 2.14. The van der Waals surface area contributed by atoms with Crippen molar-refractivity contribution in [3.63, 3.8) is 0 Å². The molecule has 0 aliphatic carbocycles. The fourth-order valence-corrected chi connectivity index (χ4v) is 3.47. The highest BCUT2D eigenvalue weighted by molar-refractivity contribution is 8.00. The van der Waals surface area contributed by atoms with Gasteiger partial charge in [-0.1, -0.05) is 58.1 Å². The van der Waals surface area contributed by atoms with Crippen molar-refractivity contribution in [2.24, 2.45) is 0 Å². The first-order chi connectivity index (χ1) is 11.7. The lowest BCUT2D eigenvalue weighted by molar-refractivity contribution is 0.211. The molecule has 24 heavy (non-hydrogen) atoms. The van der Waals surface area contributed by atoms with Gasteiger partial charge in [0.15, 0.2) is 4.34 Å². The smallest absolute Gasteiger partial charge is 0.237 e. The van der Waals surface area contributed by atoms with Crippen LogP contribution >= 0.6 is 23.1 Å². The van der Waals surface area contributed by atoms with Gasteiger partial charge in [-0.15, -0.1) is 10.2 Å². The number of hydrogen-bond donors (Lipinski definition) is 1. The van der Waals surface area contributed by atoms with Crippen LogP contribution in [-0.4, -0.2) is 40.6 Å². The number of aromatic nitrogens is 4. The summed E-state index contributed by atoms with van der Waals surface area (Å²) >= 11 is 3.01. The van der Waals surface area contributed by atoms with Gasteiger partial charge in [0.25, 0.3) is 0 Å². The SMILES string of the molecule is COCCNc1nnc(SCc2nc(-c3ccc(C)cc3)no2)s1. The van der Waals surface area contributed by atoms with E-state index in [1.165, 1.54) is 28.7 Å². The second kappa shape index (κ2) is 8.22. The highest BCUT2D eigenvalue weighted by atomic mass is 32.2. The Morgan fingerprint density at radius 2 is 2.08 bits per heavy atom. The largest absolute Gasteiger partial charge is 0.383 e. The molecule has 3 rings (SSSR count). The molecule has 1 aromatic carbocycles. The first-order valence-corrected chi connectivity index (χ1v) is 9.13. The lowest BCUT2D eigenvalue weighted by Crippen LogP contribution is -2.06. The molecule has 7 nitrogen and oxygen atoms in total. The number of rotatable bonds is 8. The molecular weight excluding hydrogens is 346 g/mol. The molecule has 0 aliphatic heterocycles. The van der Waals surface area contributed by atoms with Gasteiger partial charge in [-0.25, -0.2) is 0 Å². The number of thioether (sulfide) groups is 1. The topological polar surface area (TPSA) is 86.0 Å². The number of aryl methyl sites for hydroxylation is 1. The monoisotopic (exact) mass is 363 g/mol. The molecule has 0 amide bonds. The Bertz CT molecular complexity index is 772. The van der Waals surface area contributed by atoms with E-state index in [9.17, 15) is 0 Å². The highest BCUT2D eigenvalue weighted by Crippen LogP contribution is 2.28. The van der Waals surface area contributed by atoms with E-state index >= 15 is 0 Å². The fraction of sp³-hybridized carbons (Fsp3) is 0.333. The van der Waals surface area contributed by atoms with Crippen molar-refractivity contribution in [1.29, 1.82) is 0 Å². The number of methoxy groups -OCH3 is 1. The minimum atomic E-state index is 0.561. The third-order valence-corrected chi connectivity index (χ3v) is 5.08. The standard InChI is InChI=1S/C15H17N5O2S2/c1-10-3-5-11(6-4-10)13-17-12(22-20-13)9-23-15-19-18-14(24-15)16-7-8-21-2/h3-6H,7-9H2,1-2H3,(H,16,18). The Morgan fingerprint density at radius 1 is 1.25 bits per heavy atom. The van der Waals surface area contributed by atoms with Crippen LogP contribution in [0.25, 0.3) is 11.4 Å². The molecule has 0 atom stereocenters. The van der Waals surface area contributed by atoms with E-state index in [0.717, 1.165) is 15.0 Å². The third kappa shape index (κ3) is 4.53. The average molecular weight is 363 g/mol. The number of nitrogens with one attached hydrogen (secondary N) is 1. The van der Waals surface area contributed by atoms with Crippen molar-refractivity contribution >= 4 is 28.2 Å². The molecule has 126 valence electrons. The number of anilines is 1. The Hall–Kier alpha value is -1.97. The minimum Gasteiger partial charge on any atom is -0.383 e. The fourth-order valence-electron chi connectivity index (χ4n) is 1.86. The van der Waals surface area contributed by atoms with Crippen LogP contribution in [0.5, 0.6) is 0 Å². The van der Waals surface area contributed by atoms with Crippen molar-refractivity contribution in [2.45, 2.75) is 17.0 Å². The lowest BCUT2D eigenvalue weighted by atomic mass is 10.1. The first kappa shape index (κ1) is 16.9. The van der Waals surface area contributed by atoms with Gasteiger partial charge in [0.05, 0.1) is 12.4 Å². The molecule has 0 fully saturated rings. The Balaban J connectivity index is 1.54. The average Bonchev–Trinajstić information content (AvgIpc) is 3.23. The number of hydrogen-bond acceptors (Lipinski definition) is 9. The van der Waals surface area contributed by atoms with Crippen molar-refractivity contribution in [3.8, 4) is 11.4 Å². The number of nitrogens with zero attached hydrogens (tertiary/aromatic N) is 4. The Morgan fingerprint density at radius 3 is 2.88 bits per heavy atom. The van der Waals surface area contributed by atoms with Gasteiger partial charge >= 0.3 is 0 Å². The van der Waals surface area contributed by atoms with Gasteiger partial charge in [-0.05, 0) is 6.92 Å². The van der Waals surface area contributed by atoms with Crippen molar-refractivity contribution < 1.29 is 9.26 Å². The Labute approximate surface area is 147 Å². The minimum absolute atomic E-state index is 0.561. The van der Waals surface area contributed by atoms with Crippen LogP contribution < -0.4 is 5.32 Å². The van der Waals surface area contributed by atoms with Gasteiger partial charge in [0.2, 0.25) is 16.8 Å². The van der Waals surface area contributed by atoms with Crippen LogP contribution in [-0.2, 0) is 10.5 Å². The zero-order chi connectivity index (χ0) is 16.8. The number of benzene rings is 1. The second-order valence-corrected chi connectivity index (χ2v) is 7.16. The maximum absolute atomic E-state index is 5.30. The molecule has 1 N–H and O–H groups in total. The molecule has 0 bridgehead atoms. The maximum Gasteiger partial charge on any atom is 0.237 e. The van der Waals surface area contributed by atoms with E-state index in [0.29, 0.717) is 30.6 Å². The molecule has 0 saturated heterocycles. The maximum atomic E-state index is 5.30. The summed E-state index contributed by atoms with van der Waals surface area (Å²) in [4.78, 5) is 4.42. The van der Waals surface area contributed by atoms with Crippen LogP contribution in [0.3, 0.4) is 0 Å². The second-order valence-electron chi connectivity index (χ2n) is 4.96. The molecule has 2 aromatic heterocycles. The van der Waals surface area contributed by atoms with E-state index in [2.05, 4.69) is 25.7 Å². The summed E-state index contributed by atoms with van der Waals surface area (Å²) in [5, 5.41) is 16.2. The predicted molar refractivity (Wildman–Crippen MR) is 94.3 cm³/mol. The van der Waals surface area contributed by atoms with E-state index in [1.807, 2.05) is 31.2 Å². The van der Waals surface area contributed by atoms with Gasteiger partial charge < -0.3 is 14.6 Å². The molecule has 3 aromatic rings. The zero-order valence-electron chi connectivity index (χ0n) is 13.4. The lowest BCUT2D eigenvalue weighted by Gasteiger charge is -1.98. The van der Waals surface area contributed by atoms with Gasteiger partial charge in [0, 0.05) is 19.2 Å². The van der Waals surface area contributed by atoms with E-state index in [-0.39, 0.29) is 0 Å². The zero-order valence-corrected chi connectivity index (χ0v) is 15.0. The summed E-state index contributed by atoms with van der Waals surface area (Å²) in [6.45, 7) is 3.38. The predicted octanol–water partition coefficient (Wildman–Crippen LogP) is 3.25. The van der Waals surface area contributed by atoms with E-state index in [4.69, 9.17) is 9.26 Å². The van der Waals surface area contributed by atoms with Crippen molar-refractivity contribution in [1.82, 2.24) is 20.3 Å². The Kier molecular flexibility index (Phi) is 5.78. The van der Waals surface area contributed by atoms with Gasteiger partial charge in [0.1, 0.15) is 0 Å². The summed E-state index contributed by atoms with van der Waals surface area (Å²) in [6.07, 6.45) is 0. The summed E-state index contributed by atoms with van der Waals surface area (Å²) in [5.74, 6) is 1.73. The van der Waals surface area contributed by atoms with E-state index in [1.54, 1.807) is 7.11 Å². The molecule has 0 spiro atoms. The van der Waals surface area contributed by atoms with Crippen LogP contribution in [0.2, 0.25) is 0 Å². The first-order valence-electron chi connectivity index (χ1n) is 7.33. The van der Waals surface area contributed by atoms with Crippen molar-refractivity contribution in [3.05, 3.63) is 35.7 Å². The highest BCUT2D eigenvalue weighted by Gasteiger charge is 2.11. The normalized spacial score (nSPS) is 10.9. The third-order valence-electron chi connectivity index (χ3n) is 3.09. The van der Waals surface area contributed by atoms with Crippen LogP contribution in [0, 0.1) is 6.92 Å². The molecule has 0 saturated carbocycles. The molecule has 0 aliphatic rings. The van der Waals surface area contributed by atoms with Crippen molar-refractivity contribution in [2.75, 3.05) is 25.6 Å². The number of ether oxygens (including phenoxy) is 1. The summed E-state index contributed by atoms with van der Waals surface area (Å²) in [7, 11) is 1.67. The van der Waals surface area contributed by atoms with Gasteiger partial charge in [-0.3, -0.25) is 0 Å². The van der Waals surface area contributed by atoms with Gasteiger partial charge in [-0.2, -0.15) is 4.98 Å². The molecule has 9 heteroatoms. The summed E-state index contributed by atoms with van der Waals surface area (Å²) in [6, 6.07) is 8.03. The van der Waals surface area contributed by atoms with Crippen LogP contribution in [0.4, 0.5) is 5.13 Å². The quantitative estimate of drug-likeness (QED) is 0.482. The molecule has 0 radical (unpaired) electrons. The van der Waals surface area contributed by atoms with Crippen LogP contribution in [0.1, 0.15) is 11.5 Å². The molecular formula is C15H17N5O2S2. The summed E-state index contributed by atoms with van der Waals surface area (Å²) < 4.78 is 11.1.